The third-order valence-corrected chi connectivity index (χ3v) is 3.54. The van der Waals surface area contributed by atoms with Gasteiger partial charge in [-0.05, 0) is 24.3 Å². The molecule has 0 saturated heterocycles. The second kappa shape index (κ2) is 6.57. The lowest BCUT2D eigenvalue weighted by molar-refractivity contribution is -0.116. The van der Waals surface area contributed by atoms with Gasteiger partial charge in [0.25, 0.3) is 5.56 Å². The van der Waals surface area contributed by atoms with E-state index >= 15 is 0 Å². The molecule has 0 aliphatic rings. The number of carbonyl (C=O) groups excluding carboxylic acids is 1. The van der Waals surface area contributed by atoms with Gasteiger partial charge in [-0.1, -0.05) is 18.2 Å². The van der Waals surface area contributed by atoms with Gasteiger partial charge in [0.05, 0.1) is 17.2 Å². The molecule has 2 aromatic carbocycles. The minimum Gasteiger partial charge on any atom is -0.321 e. The molecule has 5 nitrogen and oxygen atoms in total. The van der Waals surface area contributed by atoms with E-state index in [9.17, 15) is 18.4 Å². The van der Waals surface area contributed by atoms with Crippen LogP contribution in [0.3, 0.4) is 0 Å². The smallest absolute Gasteiger partial charge is 0.261 e. The molecule has 3 rings (SSSR count). The molecule has 122 valence electrons. The van der Waals surface area contributed by atoms with Crippen molar-refractivity contribution in [3.05, 3.63) is 70.8 Å². The summed E-state index contributed by atoms with van der Waals surface area (Å²) in [5.74, 6) is -2.31. The van der Waals surface area contributed by atoms with Crippen molar-refractivity contribution in [1.82, 2.24) is 9.55 Å². The number of amides is 1. The molecule has 1 heterocycles. The number of aromatic nitrogens is 2. The second-order valence-electron chi connectivity index (χ2n) is 5.16. The third-order valence-electron chi connectivity index (χ3n) is 3.54. The summed E-state index contributed by atoms with van der Waals surface area (Å²) in [4.78, 5) is 28.3. The number of benzene rings is 2. The quantitative estimate of drug-likeness (QED) is 0.800. The van der Waals surface area contributed by atoms with Gasteiger partial charge in [-0.15, -0.1) is 0 Å². The van der Waals surface area contributed by atoms with Gasteiger partial charge in [0.2, 0.25) is 5.91 Å². The molecule has 24 heavy (non-hydrogen) atoms. The van der Waals surface area contributed by atoms with Crippen LogP contribution in [-0.2, 0) is 11.3 Å². The highest BCUT2D eigenvalue weighted by Gasteiger charge is 2.12. The second-order valence-corrected chi connectivity index (χ2v) is 5.16. The summed E-state index contributed by atoms with van der Waals surface area (Å²) < 4.78 is 28.3. The molecule has 3 aromatic rings. The lowest BCUT2D eigenvalue weighted by Gasteiger charge is -2.09. The number of aryl methyl sites for hydroxylation is 1. The summed E-state index contributed by atoms with van der Waals surface area (Å²) >= 11 is 0. The van der Waals surface area contributed by atoms with Crippen molar-refractivity contribution in [3.8, 4) is 0 Å². The maximum Gasteiger partial charge on any atom is 0.261 e. The Morgan fingerprint density at radius 3 is 2.54 bits per heavy atom. The van der Waals surface area contributed by atoms with Crippen LogP contribution in [0, 0.1) is 11.6 Å². The predicted octanol–water partition coefficient (Wildman–Crippen LogP) is 2.70. The first-order chi connectivity index (χ1) is 11.6. The van der Waals surface area contributed by atoms with Crippen LogP contribution in [0.15, 0.2) is 53.6 Å². The van der Waals surface area contributed by atoms with Crippen LogP contribution in [0.4, 0.5) is 14.5 Å². The van der Waals surface area contributed by atoms with Gasteiger partial charge in [0.1, 0.15) is 17.3 Å². The molecule has 1 aromatic heterocycles. The maximum atomic E-state index is 13.5. The van der Waals surface area contributed by atoms with E-state index in [1.54, 1.807) is 24.3 Å². The van der Waals surface area contributed by atoms with Crippen LogP contribution < -0.4 is 10.9 Å². The summed E-state index contributed by atoms with van der Waals surface area (Å²) in [6.45, 7) is 0.0541. The highest BCUT2D eigenvalue weighted by Crippen LogP contribution is 2.18. The molecule has 7 heteroatoms. The minimum absolute atomic E-state index is 0.0541. The lowest BCUT2D eigenvalue weighted by Crippen LogP contribution is -2.24. The fourth-order valence-corrected chi connectivity index (χ4v) is 2.31. The van der Waals surface area contributed by atoms with Gasteiger partial charge < -0.3 is 5.32 Å². The van der Waals surface area contributed by atoms with Gasteiger partial charge in [-0.2, -0.15) is 0 Å². The first-order valence-electron chi connectivity index (χ1n) is 7.24. The van der Waals surface area contributed by atoms with Gasteiger partial charge in [-0.3, -0.25) is 14.2 Å². The molecule has 0 atom stereocenters. The number of rotatable bonds is 4. The van der Waals surface area contributed by atoms with Crippen LogP contribution in [0.25, 0.3) is 10.9 Å². The summed E-state index contributed by atoms with van der Waals surface area (Å²) in [6, 6.07) is 10.2. The zero-order valence-electron chi connectivity index (χ0n) is 12.5. The van der Waals surface area contributed by atoms with Crippen molar-refractivity contribution in [2.75, 3.05) is 5.32 Å². The van der Waals surface area contributed by atoms with Crippen LogP contribution >= 0.6 is 0 Å². The third kappa shape index (κ3) is 3.15. The first-order valence-corrected chi connectivity index (χ1v) is 7.24. The minimum atomic E-state index is -0.854. The fourth-order valence-electron chi connectivity index (χ4n) is 2.31. The van der Waals surface area contributed by atoms with E-state index in [1.807, 2.05) is 0 Å². The number of nitrogens with one attached hydrogen (secondary N) is 1. The summed E-state index contributed by atoms with van der Waals surface area (Å²) in [7, 11) is 0. The van der Waals surface area contributed by atoms with E-state index in [2.05, 4.69) is 10.3 Å². The topological polar surface area (TPSA) is 64.0 Å². The van der Waals surface area contributed by atoms with Crippen molar-refractivity contribution in [2.45, 2.75) is 13.0 Å². The maximum absolute atomic E-state index is 13.5. The molecule has 0 radical (unpaired) electrons. The lowest BCUT2D eigenvalue weighted by atomic mass is 10.2. The number of fused-ring (bicyclic) bond motifs is 1. The van der Waals surface area contributed by atoms with Crippen molar-refractivity contribution < 1.29 is 13.6 Å². The average molecular weight is 329 g/mol. The Morgan fingerprint density at radius 2 is 1.79 bits per heavy atom. The van der Waals surface area contributed by atoms with E-state index in [0.29, 0.717) is 10.9 Å². The predicted molar refractivity (Wildman–Crippen MR) is 85.6 cm³/mol. The van der Waals surface area contributed by atoms with Crippen molar-refractivity contribution in [1.29, 1.82) is 0 Å². The summed E-state index contributed by atoms with van der Waals surface area (Å²) in [5.41, 5.74) is -0.200. The molecule has 1 amide bonds. The SMILES string of the molecule is O=C(CCn1cnc2ccccc2c1=O)Nc1c(F)cccc1F. The molecule has 0 unspecified atom stereocenters. The number of carbonyl (C=O) groups is 1. The Morgan fingerprint density at radius 1 is 1.08 bits per heavy atom. The number of hydrogen-bond acceptors (Lipinski definition) is 3. The van der Waals surface area contributed by atoms with E-state index in [0.717, 1.165) is 12.1 Å². The number of para-hydroxylation sites is 2. The summed E-state index contributed by atoms with van der Waals surface area (Å²) in [5, 5.41) is 2.63. The molecular formula is C17H13F2N3O2. The van der Waals surface area contributed by atoms with Gasteiger partial charge in [0, 0.05) is 13.0 Å². The molecule has 0 bridgehead atoms. The molecule has 0 aliphatic carbocycles. The zero-order chi connectivity index (χ0) is 17.1. The Labute approximate surface area is 135 Å². The monoisotopic (exact) mass is 329 g/mol. The number of halogens is 2. The van der Waals surface area contributed by atoms with Gasteiger partial charge in [0.15, 0.2) is 0 Å². The van der Waals surface area contributed by atoms with Crippen molar-refractivity contribution in [3.63, 3.8) is 0 Å². The largest absolute Gasteiger partial charge is 0.321 e. The Balaban J connectivity index is 1.73. The Hall–Kier alpha value is -3.09. The first kappa shape index (κ1) is 15.8. The van der Waals surface area contributed by atoms with Gasteiger partial charge >= 0.3 is 0 Å². The van der Waals surface area contributed by atoms with Crippen molar-refractivity contribution >= 4 is 22.5 Å². The van der Waals surface area contributed by atoms with Crippen LogP contribution in [0.5, 0.6) is 0 Å². The number of anilines is 1. The van der Waals surface area contributed by atoms with Gasteiger partial charge in [-0.25, -0.2) is 13.8 Å². The molecule has 0 fully saturated rings. The standard InChI is InChI=1S/C17H13F2N3O2/c18-12-5-3-6-13(19)16(12)21-15(23)8-9-22-10-20-14-7-2-1-4-11(14)17(22)24/h1-7,10H,8-9H2,(H,21,23). The molecular weight excluding hydrogens is 316 g/mol. The fraction of sp³-hybridized carbons (Fsp3) is 0.118. The van der Waals surface area contributed by atoms with Crippen molar-refractivity contribution in [2.24, 2.45) is 0 Å². The van der Waals surface area contributed by atoms with E-state index in [4.69, 9.17) is 0 Å². The van der Waals surface area contributed by atoms with E-state index < -0.39 is 23.2 Å². The zero-order valence-corrected chi connectivity index (χ0v) is 12.5. The van der Waals surface area contributed by atoms with Crippen LogP contribution in [-0.4, -0.2) is 15.5 Å². The molecule has 0 aliphatic heterocycles. The van der Waals surface area contributed by atoms with Crippen LogP contribution in [0.1, 0.15) is 6.42 Å². The Bertz CT molecular complexity index is 949. The average Bonchev–Trinajstić information content (AvgIpc) is 2.58. The van der Waals surface area contributed by atoms with E-state index in [1.165, 1.54) is 17.0 Å². The highest BCUT2D eigenvalue weighted by molar-refractivity contribution is 5.90. The Kier molecular flexibility index (Phi) is 4.33. The summed E-state index contributed by atoms with van der Waals surface area (Å²) in [6.07, 6.45) is 1.23. The highest BCUT2D eigenvalue weighted by atomic mass is 19.1. The number of nitrogens with zero attached hydrogens (tertiary/aromatic N) is 2. The van der Waals surface area contributed by atoms with Crippen LogP contribution in [0.2, 0.25) is 0 Å². The number of hydrogen-bond donors (Lipinski definition) is 1. The molecule has 1 N–H and O–H groups in total. The molecule has 0 saturated carbocycles. The van der Waals surface area contributed by atoms with E-state index in [-0.39, 0.29) is 18.5 Å². The normalized spacial score (nSPS) is 10.8. The molecule has 0 spiro atoms.